The smallest absolute Gasteiger partial charge is 0.226 e. The summed E-state index contributed by atoms with van der Waals surface area (Å²) in [6.07, 6.45) is 4.44. The van der Waals surface area contributed by atoms with Crippen LogP contribution in [0.1, 0.15) is 36.5 Å². The van der Waals surface area contributed by atoms with Crippen LogP contribution in [0.5, 0.6) is 0 Å². The molecule has 7 heteroatoms. The van der Waals surface area contributed by atoms with Crippen LogP contribution in [0.3, 0.4) is 0 Å². The molecule has 1 aliphatic heterocycles. The number of benzene rings is 1. The predicted molar refractivity (Wildman–Crippen MR) is 113 cm³/mol. The Labute approximate surface area is 170 Å². The molecule has 1 saturated heterocycles. The minimum Gasteiger partial charge on any atom is -0.342 e. The molecule has 1 aromatic heterocycles. The van der Waals surface area contributed by atoms with E-state index in [1.807, 2.05) is 23.1 Å². The van der Waals surface area contributed by atoms with E-state index in [2.05, 4.69) is 28.3 Å². The topological polar surface area (TPSA) is 66.5 Å². The van der Waals surface area contributed by atoms with Crippen molar-refractivity contribution < 1.29 is 13.2 Å². The van der Waals surface area contributed by atoms with E-state index in [9.17, 15) is 13.2 Å². The van der Waals surface area contributed by atoms with Crippen molar-refractivity contribution in [1.82, 2.24) is 9.62 Å². The Bertz CT molecular complexity index is 940. The third-order valence-corrected chi connectivity index (χ3v) is 7.45. The number of carbonyl (C=O) groups is 1. The normalized spacial score (nSPS) is 25.3. The van der Waals surface area contributed by atoms with Gasteiger partial charge in [-0.15, -0.1) is 11.3 Å². The molecule has 0 unspecified atom stereocenters. The van der Waals surface area contributed by atoms with Crippen LogP contribution < -0.4 is 4.72 Å². The molecule has 0 radical (unpaired) electrons. The zero-order chi connectivity index (χ0) is 19.7. The summed E-state index contributed by atoms with van der Waals surface area (Å²) in [5, 5.41) is 2.18. The van der Waals surface area contributed by atoms with Crippen LogP contribution in [0.25, 0.3) is 11.1 Å². The van der Waals surface area contributed by atoms with Crippen molar-refractivity contribution in [3.8, 4) is 11.1 Å². The molecule has 2 fully saturated rings. The lowest BCUT2D eigenvalue weighted by atomic mass is 10.1. The van der Waals surface area contributed by atoms with Crippen LogP contribution >= 0.6 is 11.3 Å². The first-order chi connectivity index (χ1) is 13.4. The molecule has 150 valence electrons. The molecule has 1 aliphatic carbocycles. The fourth-order valence-corrected chi connectivity index (χ4v) is 6.02. The second-order valence-corrected chi connectivity index (χ2v) is 10.6. The summed E-state index contributed by atoms with van der Waals surface area (Å²) in [5.74, 6) is 0.657. The standard InChI is InChI=1S/C21H26N2O3S2/c1-28(25,26)22-17-8-5-10-23(11-9-17)21(24)19-13-18(19)20-12-16(14-27-20)15-6-3-2-4-7-15/h2-4,6-7,12,14,17-19,22H,5,8-11,13H2,1H3/t17-,18+,19+/m0/s1. The van der Waals surface area contributed by atoms with E-state index in [4.69, 9.17) is 0 Å². The highest BCUT2D eigenvalue weighted by Crippen LogP contribution is 2.51. The van der Waals surface area contributed by atoms with E-state index in [0.717, 1.165) is 25.8 Å². The van der Waals surface area contributed by atoms with E-state index in [0.29, 0.717) is 18.9 Å². The van der Waals surface area contributed by atoms with Crippen LogP contribution in [-0.4, -0.2) is 44.6 Å². The van der Waals surface area contributed by atoms with E-state index in [1.165, 1.54) is 22.3 Å². The molecular weight excluding hydrogens is 392 g/mol. The minimum atomic E-state index is -3.20. The van der Waals surface area contributed by atoms with Gasteiger partial charge in [0.1, 0.15) is 0 Å². The lowest BCUT2D eigenvalue weighted by Gasteiger charge is -2.21. The summed E-state index contributed by atoms with van der Waals surface area (Å²) in [6.45, 7) is 1.36. The molecule has 4 rings (SSSR count). The highest BCUT2D eigenvalue weighted by Gasteiger charge is 2.46. The minimum absolute atomic E-state index is 0.0615. The average Bonchev–Trinajstić information content (AvgIpc) is 3.37. The highest BCUT2D eigenvalue weighted by molar-refractivity contribution is 7.88. The molecule has 1 aromatic carbocycles. The van der Waals surface area contributed by atoms with E-state index < -0.39 is 10.0 Å². The molecule has 1 amide bonds. The highest BCUT2D eigenvalue weighted by atomic mass is 32.2. The Morgan fingerprint density at radius 1 is 1.14 bits per heavy atom. The number of hydrogen-bond acceptors (Lipinski definition) is 4. The van der Waals surface area contributed by atoms with Crippen LogP contribution in [0.4, 0.5) is 0 Å². The van der Waals surface area contributed by atoms with Gasteiger partial charge in [0.05, 0.1) is 6.26 Å². The predicted octanol–water partition coefficient (Wildman–Crippen LogP) is 3.45. The number of sulfonamides is 1. The largest absolute Gasteiger partial charge is 0.342 e. The van der Waals surface area contributed by atoms with Gasteiger partial charge >= 0.3 is 0 Å². The van der Waals surface area contributed by atoms with Crippen molar-refractivity contribution in [3.05, 3.63) is 46.7 Å². The molecule has 0 bridgehead atoms. The summed E-state index contributed by atoms with van der Waals surface area (Å²) >= 11 is 1.75. The Morgan fingerprint density at radius 3 is 2.68 bits per heavy atom. The zero-order valence-electron chi connectivity index (χ0n) is 16.0. The molecule has 0 spiro atoms. The number of hydrogen-bond donors (Lipinski definition) is 1. The number of rotatable bonds is 5. The maximum atomic E-state index is 13.0. The Balaban J connectivity index is 1.35. The maximum absolute atomic E-state index is 13.0. The number of thiophene rings is 1. The molecule has 2 heterocycles. The van der Waals surface area contributed by atoms with Gasteiger partial charge in [-0.2, -0.15) is 0 Å². The fourth-order valence-electron chi connectivity index (χ4n) is 4.08. The molecular formula is C21H26N2O3S2. The van der Waals surface area contributed by atoms with Crippen LogP contribution in [0.2, 0.25) is 0 Å². The summed E-state index contributed by atoms with van der Waals surface area (Å²) < 4.78 is 25.6. The van der Waals surface area contributed by atoms with Gasteiger partial charge in [-0.1, -0.05) is 30.3 Å². The van der Waals surface area contributed by atoms with Gasteiger partial charge in [-0.3, -0.25) is 4.79 Å². The van der Waals surface area contributed by atoms with E-state index >= 15 is 0 Å². The lowest BCUT2D eigenvalue weighted by Crippen LogP contribution is -2.36. The monoisotopic (exact) mass is 418 g/mol. The number of nitrogens with zero attached hydrogens (tertiary/aromatic N) is 1. The molecule has 2 aliphatic rings. The van der Waals surface area contributed by atoms with Gasteiger partial charge in [0.25, 0.3) is 0 Å². The number of carbonyl (C=O) groups excluding carboxylic acids is 1. The molecule has 2 aromatic rings. The van der Waals surface area contributed by atoms with Crippen LogP contribution in [-0.2, 0) is 14.8 Å². The lowest BCUT2D eigenvalue weighted by molar-refractivity contribution is -0.132. The first-order valence-electron chi connectivity index (χ1n) is 9.80. The van der Waals surface area contributed by atoms with Gasteiger partial charge in [-0.25, -0.2) is 13.1 Å². The van der Waals surface area contributed by atoms with Crippen molar-refractivity contribution in [2.75, 3.05) is 19.3 Å². The second-order valence-electron chi connectivity index (χ2n) is 7.90. The van der Waals surface area contributed by atoms with Crippen LogP contribution in [0, 0.1) is 5.92 Å². The third-order valence-electron chi connectivity index (χ3n) is 5.62. The molecule has 5 nitrogen and oxygen atoms in total. The first kappa shape index (κ1) is 19.6. The van der Waals surface area contributed by atoms with Gasteiger partial charge in [-0.05, 0) is 48.3 Å². The van der Waals surface area contributed by atoms with Gasteiger partial charge in [0, 0.05) is 35.8 Å². The number of likely N-dealkylation sites (tertiary alicyclic amines) is 1. The molecule has 28 heavy (non-hydrogen) atoms. The van der Waals surface area contributed by atoms with Crippen molar-refractivity contribution in [2.45, 2.75) is 37.6 Å². The maximum Gasteiger partial charge on any atom is 0.226 e. The van der Waals surface area contributed by atoms with Crippen molar-refractivity contribution in [2.24, 2.45) is 5.92 Å². The van der Waals surface area contributed by atoms with Gasteiger partial charge < -0.3 is 4.90 Å². The second kappa shape index (κ2) is 7.97. The summed E-state index contributed by atoms with van der Waals surface area (Å²) in [5.41, 5.74) is 2.44. The quantitative estimate of drug-likeness (QED) is 0.809. The van der Waals surface area contributed by atoms with Crippen molar-refractivity contribution in [1.29, 1.82) is 0 Å². The van der Waals surface area contributed by atoms with Crippen molar-refractivity contribution in [3.63, 3.8) is 0 Å². The first-order valence-corrected chi connectivity index (χ1v) is 12.6. The fraction of sp³-hybridized carbons (Fsp3) is 0.476. The SMILES string of the molecule is CS(=O)(=O)N[C@H]1CCCN(C(=O)[C@@H]2C[C@H]2c2cc(-c3ccccc3)cs2)CC1. The van der Waals surface area contributed by atoms with Crippen molar-refractivity contribution >= 4 is 27.3 Å². The zero-order valence-corrected chi connectivity index (χ0v) is 17.6. The molecule has 1 N–H and O–H groups in total. The Kier molecular flexibility index (Phi) is 5.58. The third kappa shape index (κ3) is 4.64. The molecule has 1 saturated carbocycles. The summed E-state index contributed by atoms with van der Waals surface area (Å²) in [6, 6.07) is 12.5. The van der Waals surface area contributed by atoms with Gasteiger partial charge in [0.15, 0.2) is 0 Å². The summed E-state index contributed by atoms with van der Waals surface area (Å²) in [4.78, 5) is 16.2. The molecule has 3 atom stereocenters. The Morgan fingerprint density at radius 2 is 1.93 bits per heavy atom. The summed E-state index contributed by atoms with van der Waals surface area (Å²) in [7, 11) is -3.20. The number of amides is 1. The Hall–Kier alpha value is -1.70. The van der Waals surface area contributed by atoms with E-state index in [1.54, 1.807) is 11.3 Å². The number of nitrogens with one attached hydrogen (secondary N) is 1. The average molecular weight is 419 g/mol. The van der Waals surface area contributed by atoms with E-state index in [-0.39, 0.29) is 17.9 Å². The van der Waals surface area contributed by atoms with Crippen LogP contribution in [0.15, 0.2) is 41.8 Å². The van der Waals surface area contributed by atoms with Gasteiger partial charge in [0.2, 0.25) is 15.9 Å².